The number of rotatable bonds is 8. The molecule has 0 atom stereocenters. The van der Waals surface area contributed by atoms with Crippen LogP contribution < -0.4 is 5.32 Å². The van der Waals surface area contributed by atoms with Crippen molar-refractivity contribution in [2.24, 2.45) is 0 Å². The Morgan fingerprint density at radius 2 is 1.88 bits per heavy atom. The summed E-state index contributed by atoms with van der Waals surface area (Å²) < 4.78 is 10.4. The van der Waals surface area contributed by atoms with Gasteiger partial charge < -0.3 is 14.8 Å². The molecule has 0 saturated heterocycles. The van der Waals surface area contributed by atoms with Crippen LogP contribution in [0.15, 0.2) is 24.3 Å². The molecule has 0 radical (unpaired) electrons. The van der Waals surface area contributed by atoms with Gasteiger partial charge in [0.05, 0.1) is 23.4 Å². The fraction of sp³-hybridized carbons (Fsp3) is 0.450. The summed E-state index contributed by atoms with van der Waals surface area (Å²) in [7, 11) is 1.55. The lowest BCUT2D eigenvalue weighted by molar-refractivity contribution is -0.125. The maximum atomic E-state index is 12.6. The highest BCUT2D eigenvalue weighted by Gasteiger charge is 2.21. The molecule has 0 saturated carbocycles. The summed E-state index contributed by atoms with van der Waals surface area (Å²) in [5, 5.41) is 3.73. The topological polar surface area (TPSA) is 77.5 Å². The second kappa shape index (κ2) is 9.29. The summed E-state index contributed by atoms with van der Waals surface area (Å²) in [6, 6.07) is 7.68. The zero-order valence-corrected chi connectivity index (χ0v) is 15.8. The first-order valence-corrected chi connectivity index (χ1v) is 8.85. The van der Waals surface area contributed by atoms with Crippen LogP contribution in [0.4, 0.5) is 0 Å². The number of aryl methyl sites for hydroxylation is 1. The predicted octanol–water partition coefficient (Wildman–Crippen LogP) is 3.15. The minimum absolute atomic E-state index is 0.0920. The third-order valence-electron chi connectivity index (χ3n) is 4.40. The van der Waals surface area contributed by atoms with Crippen molar-refractivity contribution < 1.29 is 19.1 Å². The average Bonchev–Trinajstić information content (AvgIpc) is 2.64. The molecule has 1 amide bonds. The van der Waals surface area contributed by atoms with Gasteiger partial charge in [0.1, 0.15) is 0 Å². The standard InChI is InChI=1S/C20H26N2O4/c1-5-14(6-2)21-18(23)12-26-20(24)19-13(3)15-9-7-8-10-16(15)22-17(19)11-25-4/h7-10,14H,5-6,11-12H2,1-4H3,(H,21,23). The average molecular weight is 358 g/mol. The van der Waals surface area contributed by atoms with Crippen molar-refractivity contribution in [1.82, 2.24) is 10.3 Å². The van der Waals surface area contributed by atoms with Gasteiger partial charge in [-0.3, -0.25) is 4.79 Å². The number of hydrogen-bond donors (Lipinski definition) is 1. The van der Waals surface area contributed by atoms with Crippen LogP contribution in [0, 0.1) is 6.92 Å². The van der Waals surface area contributed by atoms with Crippen molar-refractivity contribution in [2.45, 2.75) is 46.3 Å². The Balaban J connectivity index is 2.22. The molecule has 0 fully saturated rings. The van der Waals surface area contributed by atoms with Crippen LogP contribution in [0.1, 0.15) is 48.3 Å². The summed E-state index contributed by atoms with van der Waals surface area (Å²) in [5.41, 5.74) is 2.43. The molecule has 0 aliphatic rings. The van der Waals surface area contributed by atoms with Crippen LogP contribution in [0.2, 0.25) is 0 Å². The lowest BCUT2D eigenvalue weighted by Gasteiger charge is -2.16. The molecule has 0 spiro atoms. The van der Waals surface area contributed by atoms with Gasteiger partial charge in [-0.15, -0.1) is 0 Å². The van der Waals surface area contributed by atoms with Crippen molar-refractivity contribution in [3.63, 3.8) is 0 Å². The zero-order valence-electron chi connectivity index (χ0n) is 15.8. The summed E-state index contributed by atoms with van der Waals surface area (Å²) >= 11 is 0. The van der Waals surface area contributed by atoms with E-state index in [9.17, 15) is 9.59 Å². The molecule has 0 unspecified atom stereocenters. The maximum Gasteiger partial charge on any atom is 0.340 e. The Morgan fingerprint density at radius 3 is 2.54 bits per heavy atom. The van der Waals surface area contributed by atoms with Crippen molar-refractivity contribution in [3.8, 4) is 0 Å². The van der Waals surface area contributed by atoms with Crippen molar-refractivity contribution in [3.05, 3.63) is 41.1 Å². The van der Waals surface area contributed by atoms with Gasteiger partial charge in [0.2, 0.25) is 0 Å². The molecule has 1 heterocycles. The molecule has 2 aromatic rings. The number of ether oxygens (including phenoxy) is 2. The molecule has 1 aromatic heterocycles. The van der Waals surface area contributed by atoms with Crippen LogP contribution in [-0.2, 0) is 20.9 Å². The normalized spacial score (nSPS) is 11.0. The molecule has 6 heteroatoms. The van der Waals surface area contributed by atoms with Gasteiger partial charge in [-0.05, 0) is 31.4 Å². The van der Waals surface area contributed by atoms with E-state index in [0.717, 1.165) is 29.3 Å². The highest BCUT2D eigenvalue weighted by atomic mass is 16.5. The number of aromatic nitrogens is 1. The number of hydrogen-bond acceptors (Lipinski definition) is 5. The highest BCUT2D eigenvalue weighted by Crippen LogP contribution is 2.24. The molecule has 1 N–H and O–H groups in total. The number of esters is 1. The third-order valence-corrected chi connectivity index (χ3v) is 4.40. The number of nitrogens with zero attached hydrogens (tertiary/aromatic N) is 1. The molecule has 0 aliphatic carbocycles. The van der Waals surface area contributed by atoms with Crippen LogP contribution in [0.3, 0.4) is 0 Å². The molecule has 26 heavy (non-hydrogen) atoms. The largest absolute Gasteiger partial charge is 0.452 e. The Hall–Kier alpha value is -2.47. The number of para-hydroxylation sites is 1. The third kappa shape index (κ3) is 4.58. The van der Waals surface area contributed by atoms with Gasteiger partial charge in [0.25, 0.3) is 5.91 Å². The van der Waals surface area contributed by atoms with Gasteiger partial charge in [-0.1, -0.05) is 32.0 Å². The van der Waals surface area contributed by atoms with E-state index < -0.39 is 5.97 Å². The Kier molecular flexibility index (Phi) is 7.09. The number of benzene rings is 1. The molecule has 0 bridgehead atoms. The summed E-state index contributed by atoms with van der Waals surface area (Å²) in [5.74, 6) is -0.862. The van der Waals surface area contributed by atoms with Crippen molar-refractivity contribution >= 4 is 22.8 Å². The number of fused-ring (bicyclic) bond motifs is 1. The summed E-state index contributed by atoms with van der Waals surface area (Å²) in [6.45, 7) is 5.73. The van der Waals surface area contributed by atoms with Gasteiger partial charge in [-0.2, -0.15) is 0 Å². The van der Waals surface area contributed by atoms with Crippen molar-refractivity contribution in [2.75, 3.05) is 13.7 Å². The fourth-order valence-corrected chi connectivity index (χ4v) is 2.92. The zero-order chi connectivity index (χ0) is 19.1. The van der Waals surface area contributed by atoms with Crippen LogP contribution in [0.25, 0.3) is 10.9 Å². The fourth-order valence-electron chi connectivity index (χ4n) is 2.92. The molecule has 2 rings (SSSR count). The lowest BCUT2D eigenvalue weighted by Crippen LogP contribution is -2.37. The van der Waals surface area contributed by atoms with Gasteiger partial charge in [-0.25, -0.2) is 9.78 Å². The van der Waals surface area contributed by atoms with E-state index in [0.29, 0.717) is 11.3 Å². The second-order valence-corrected chi connectivity index (χ2v) is 6.17. The molecular formula is C20H26N2O4. The predicted molar refractivity (Wildman–Crippen MR) is 100.0 cm³/mol. The second-order valence-electron chi connectivity index (χ2n) is 6.17. The number of carbonyl (C=O) groups is 2. The van der Waals surface area contributed by atoms with Crippen LogP contribution in [-0.4, -0.2) is 36.6 Å². The first-order valence-electron chi connectivity index (χ1n) is 8.85. The lowest BCUT2D eigenvalue weighted by atomic mass is 10.0. The number of amides is 1. The number of carbonyl (C=O) groups excluding carboxylic acids is 2. The minimum Gasteiger partial charge on any atom is -0.452 e. The van der Waals surface area contributed by atoms with Gasteiger partial charge >= 0.3 is 5.97 Å². The van der Waals surface area contributed by atoms with E-state index in [2.05, 4.69) is 10.3 Å². The molecule has 0 aliphatic heterocycles. The molecule has 6 nitrogen and oxygen atoms in total. The van der Waals surface area contributed by atoms with E-state index in [4.69, 9.17) is 9.47 Å². The quantitative estimate of drug-likeness (QED) is 0.734. The van der Waals surface area contributed by atoms with E-state index in [1.54, 1.807) is 7.11 Å². The van der Waals surface area contributed by atoms with E-state index >= 15 is 0 Å². The number of methoxy groups -OCH3 is 1. The number of pyridine rings is 1. The van der Waals surface area contributed by atoms with E-state index in [1.807, 2.05) is 45.0 Å². The molecule has 1 aromatic carbocycles. The molecule has 140 valence electrons. The van der Waals surface area contributed by atoms with E-state index in [1.165, 1.54) is 0 Å². The number of nitrogens with one attached hydrogen (secondary N) is 1. The van der Waals surface area contributed by atoms with Crippen LogP contribution >= 0.6 is 0 Å². The Labute approximate surface area is 153 Å². The monoisotopic (exact) mass is 358 g/mol. The first kappa shape index (κ1) is 19.8. The van der Waals surface area contributed by atoms with Gasteiger partial charge in [0.15, 0.2) is 6.61 Å². The van der Waals surface area contributed by atoms with Crippen LogP contribution in [0.5, 0.6) is 0 Å². The van der Waals surface area contributed by atoms with E-state index in [-0.39, 0.29) is 25.2 Å². The first-order chi connectivity index (χ1) is 12.5. The highest BCUT2D eigenvalue weighted by molar-refractivity contribution is 5.99. The summed E-state index contributed by atoms with van der Waals surface area (Å²) in [4.78, 5) is 29.1. The Morgan fingerprint density at radius 1 is 1.19 bits per heavy atom. The maximum absolute atomic E-state index is 12.6. The Bertz CT molecular complexity index is 785. The smallest absolute Gasteiger partial charge is 0.340 e. The minimum atomic E-state index is -0.562. The molecular weight excluding hydrogens is 332 g/mol. The SMILES string of the molecule is CCC(CC)NC(=O)COC(=O)c1c(COC)nc2ccccc2c1C. The van der Waals surface area contributed by atoms with Crippen molar-refractivity contribution in [1.29, 1.82) is 0 Å². The summed E-state index contributed by atoms with van der Waals surface area (Å²) in [6.07, 6.45) is 1.67. The van der Waals surface area contributed by atoms with Gasteiger partial charge in [0, 0.05) is 18.5 Å².